The van der Waals surface area contributed by atoms with Crippen LogP contribution in [0.2, 0.25) is 0 Å². The zero-order chi connectivity index (χ0) is 12.1. The topological polar surface area (TPSA) is 38.7 Å². The maximum absolute atomic E-state index is 10.9. The van der Waals surface area contributed by atoms with E-state index < -0.39 is 11.4 Å². The predicted molar refractivity (Wildman–Crippen MR) is 71.5 cm³/mol. The molecule has 2 fully saturated rings. The first-order valence-corrected chi connectivity index (χ1v) is 6.93. The normalized spacial score (nSPS) is 34.9. The number of hydrogen-bond donors (Lipinski definition) is 1. The third kappa shape index (κ3) is 1.51. The van der Waals surface area contributed by atoms with E-state index in [9.17, 15) is 5.11 Å². The molecule has 1 heterocycles. The lowest BCUT2D eigenvalue weighted by Crippen LogP contribution is -2.66. The molecule has 0 bridgehead atoms. The van der Waals surface area contributed by atoms with Crippen molar-refractivity contribution in [2.75, 3.05) is 13.2 Å². The molecule has 2 atom stereocenters. The highest BCUT2D eigenvalue weighted by molar-refractivity contribution is 14.1. The monoisotopic (exact) mass is 346 g/mol. The summed E-state index contributed by atoms with van der Waals surface area (Å²) in [5.41, 5.74) is -0.119. The number of benzene rings is 1. The van der Waals surface area contributed by atoms with Gasteiger partial charge in [0.25, 0.3) is 0 Å². The van der Waals surface area contributed by atoms with Crippen LogP contribution in [0.25, 0.3) is 0 Å². The van der Waals surface area contributed by atoms with Crippen LogP contribution < -0.4 is 0 Å². The van der Waals surface area contributed by atoms with Gasteiger partial charge >= 0.3 is 0 Å². The zero-order valence-corrected chi connectivity index (χ0v) is 11.8. The van der Waals surface area contributed by atoms with Crippen LogP contribution in [0.15, 0.2) is 24.3 Å². The predicted octanol–water partition coefficient (Wildman–Crippen LogP) is 2.26. The second kappa shape index (κ2) is 3.91. The lowest BCUT2D eigenvalue weighted by molar-refractivity contribution is -0.360. The standard InChI is InChI=1S/C13H15IO3/c1-9-8-12(16-6-7-17-12)13(9,15)10-2-4-11(14)5-3-10/h2-5,9,15H,6-8H2,1H3. The summed E-state index contributed by atoms with van der Waals surface area (Å²) in [6, 6.07) is 7.93. The van der Waals surface area contributed by atoms with Crippen LogP contribution in [-0.2, 0) is 15.1 Å². The van der Waals surface area contributed by atoms with E-state index in [0.29, 0.717) is 13.2 Å². The summed E-state index contributed by atoms with van der Waals surface area (Å²) < 4.78 is 12.5. The average Bonchev–Trinajstić information content (AvgIpc) is 2.81. The van der Waals surface area contributed by atoms with E-state index in [-0.39, 0.29) is 5.92 Å². The Hall–Kier alpha value is -0.170. The Kier molecular flexibility index (Phi) is 2.74. The number of ether oxygens (including phenoxy) is 2. The summed E-state index contributed by atoms with van der Waals surface area (Å²) in [5, 5.41) is 10.9. The van der Waals surface area contributed by atoms with Gasteiger partial charge in [-0.25, -0.2) is 0 Å². The van der Waals surface area contributed by atoms with Gasteiger partial charge in [0, 0.05) is 9.99 Å². The van der Waals surface area contributed by atoms with Crippen LogP contribution in [-0.4, -0.2) is 24.1 Å². The Morgan fingerprint density at radius 3 is 2.35 bits per heavy atom. The van der Waals surface area contributed by atoms with Gasteiger partial charge in [0.1, 0.15) is 5.60 Å². The van der Waals surface area contributed by atoms with Crippen LogP contribution >= 0.6 is 22.6 Å². The van der Waals surface area contributed by atoms with E-state index in [2.05, 4.69) is 22.6 Å². The molecule has 1 aromatic rings. The fraction of sp³-hybridized carbons (Fsp3) is 0.538. The second-order valence-corrected chi connectivity index (χ2v) is 6.07. The Bertz CT molecular complexity index is 425. The van der Waals surface area contributed by atoms with Crippen molar-refractivity contribution in [3.63, 3.8) is 0 Å². The maximum atomic E-state index is 10.9. The van der Waals surface area contributed by atoms with Crippen molar-refractivity contribution < 1.29 is 14.6 Å². The average molecular weight is 346 g/mol. The summed E-state index contributed by atoms with van der Waals surface area (Å²) >= 11 is 2.26. The Morgan fingerprint density at radius 2 is 1.82 bits per heavy atom. The Morgan fingerprint density at radius 1 is 1.24 bits per heavy atom. The molecule has 0 amide bonds. The third-order valence-electron chi connectivity index (χ3n) is 3.91. The Labute approximate surface area is 114 Å². The first kappa shape index (κ1) is 11.9. The molecule has 3 rings (SSSR count). The molecule has 1 saturated carbocycles. The van der Waals surface area contributed by atoms with Gasteiger partial charge in [-0.2, -0.15) is 0 Å². The van der Waals surface area contributed by atoms with Crippen LogP contribution in [0.1, 0.15) is 18.9 Å². The van der Waals surface area contributed by atoms with Crippen molar-refractivity contribution in [1.82, 2.24) is 0 Å². The van der Waals surface area contributed by atoms with E-state index in [1.165, 1.54) is 0 Å². The molecule has 1 saturated heterocycles. The summed E-state index contributed by atoms with van der Waals surface area (Å²) in [4.78, 5) is 0. The van der Waals surface area contributed by atoms with Crippen molar-refractivity contribution in [3.8, 4) is 0 Å². The summed E-state index contributed by atoms with van der Waals surface area (Å²) in [6.45, 7) is 3.17. The van der Waals surface area contributed by atoms with Crippen molar-refractivity contribution in [3.05, 3.63) is 33.4 Å². The van der Waals surface area contributed by atoms with Gasteiger partial charge in [0.15, 0.2) is 0 Å². The summed E-state index contributed by atoms with van der Waals surface area (Å²) in [6.07, 6.45) is 0.759. The lowest BCUT2D eigenvalue weighted by Gasteiger charge is -2.56. The van der Waals surface area contributed by atoms with Crippen LogP contribution in [0.3, 0.4) is 0 Å². The van der Waals surface area contributed by atoms with Gasteiger partial charge in [-0.05, 0) is 46.2 Å². The zero-order valence-electron chi connectivity index (χ0n) is 9.65. The van der Waals surface area contributed by atoms with Crippen molar-refractivity contribution >= 4 is 22.6 Å². The molecular formula is C13H15IO3. The van der Waals surface area contributed by atoms with Gasteiger partial charge in [-0.15, -0.1) is 0 Å². The third-order valence-corrected chi connectivity index (χ3v) is 4.63. The van der Waals surface area contributed by atoms with Crippen LogP contribution in [0.5, 0.6) is 0 Å². The number of aliphatic hydroxyl groups is 1. The van der Waals surface area contributed by atoms with Crippen LogP contribution in [0, 0.1) is 9.49 Å². The molecular weight excluding hydrogens is 331 g/mol. The highest BCUT2D eigenvalue weighted by atomic mass is 127. The minimum atomic E-state index is -1.01. The lowest BCUT2D eigenvalue weighted by atomic mass is 9.61. The fourth-order valence-corrected chi connectivity index (χ4v) is 3.31. The molecule has 2 unspecified atom stereocenters. The molecule has 17 heavy (non-hydrogen) atoms. The molecule has 0 radical (unpaired) electrons. The van der Waals surface area contributed by atoms with E-state index in [1.807, 2.05) is 31.2 Å². The minimum absolute atomic E-state index is 0.153. The second-order valence-electron chi connectivity index (χ2n) is 4.83. The molecule has 1 aliphatic carbocycles. The molecule has 2 aliphatic rings. The number of hydrogen-bond acceptors (Lipinski definition) is 3. The van der Waals surface area contributed by atoms with Crippen molar-refractivity contribution in [1.29, 1.82) is 0 Å². The molecule has 1 aromatic carbocycles. The maximum Gasteiger partial charge on any atom is 0.202 e. The van der Waals surface area contributed by atoms with E-state index in [1.54, 1.807) is 0 Å². The van der Waals surface area contributed by atoms with E-state index >= 15 is 0 Å². The molecule has 4 heteroatoms. The van der Waals surface area contributed by atoms with Gasteiger partial charge in [-0.1, -0.05) is 19.1 Å². The van der Waals surface area contributed by atoms with Crippen LogP contribution in [0.4, 0.5) is 0 Å². The van der Waals surface area contributed by atoms with Gasteiger partial charge in [-0.3, -0.25) is 0 Å². The van der Waals surface area contributed by atoms with Gasteiger partial charge < -0.3 is 14.6 Å². The Balaban J connectivity index is 2.01. The van der Waals surface area contributed by atoms with E-state index in [4.69, 9.17) is 9.47 Å². The number of halogens is 1. The molecule has 0 aromatic heterocycles. The SMILES string of the molecule is CC1CC2(OCCO2)C1(O)c1ccc(I)cc1. The molecule has 1 aliphatic heterocycles. The van der Waals surface area contributed by atoms with E-state index in [0.717, 1.165) is 15.6 Å². The fourth-order valence-electron chi connectivity index (χ4n) is 2.95. The van der Waals surface area contributed by atoms with Gasteiger partial charge in [0.05, 0.1) is 13.2 Å². The van der Waals surface area contributed by atoms with Crippen molar-refractivity contribution in [2.45, 2.75) is 24.7 Å². The quantitative estimate of drug-likeness (QED) is 0.793. The first-order valence-electron chi connectivity index (χ1n) is 5.85. The summed E-state index contributed by atoms with van der Waals surface area (Å²) in [7, 11) is 0. The molecule has 1 spiro atoms. The van der Waals surface area contributed by atoms with Gasteiger partial charge in [0.2, 0.25) is 5.79 Å². The molecule has 3 nitrogen and oxygen atoms in total. The molecule has 1 N–H and O–H groups in total. The molecule has 92 valence electrons. The smallest absolute Gasteiger partial charge is 0.202 e. The van der Waals surface area contributed by atoms with Crippen molar-refractivity contribution in [2.24, 2.45) is 5.92 Å². The highest BCUT2D eigenvalue weighted by Crippen LogP contribution is 2.58. The first-order chi connectivity index (χ1) is 8.08. The minimum Gasteiger partial charge on any atom is -0.379 e. The largest absolute Gasteiger partial charge is 0.379 e. The summed E-state index contributed by atoms with van der Waals surface area (Å²) in [5.74, 6) is -0.653. The highest BCUT2D eigenvalue weighted by Gasteiger charge is 2.68. The number of rotatable bonds is 1.